The number of sulfonamides is 1. The summed E-state index contributed by atoms with van der Waals surface area (Å²) >= 11 is 0. The Morgan fingerprint density at radius 3 is 2.81 bits per heavy atom. The molecule has 0 aliphatic carbocycles. The summed E-state index contributed by atoms with van der Waals surface area (Å²) in [4.78, 5) is 22.8. The second kappa shape index (κ2) is 6.47. The molecule has 138 valence electrons. The van der Waals surface area contributed by atoms with E-state index >= 15 is 0 Å². The van der Waals surface area contributed by atoms with Gasteiger partial charge in [0, 0.05) is 25.1 Å². The molecule has 0 bridgehead atoms. The summed E-state index contributed by atoms with van der Waals surface area (Å²) in [5.41, 5.74) is 0.679. The van der Waals surface area contributed by atoms with Gasteiger partial charge in [0.1, 0.15) is 11.6 Å². The first-order valence-electron chi connectivity index (χ1n) is 8.19. The SMILES string of the molecule is Cc1nccn1-c1ccc(NC(=O)C2=CC=CN3CCS(=O)(=O)N=C23)cn1. The fourth-order valence-corrected chi connectivity index (χ4v) is 3.80. The smallest absolute Gasteiger partial charge is 0.259 e. The molecule has 2 aromatic rings. The third-order valence-electron chi connectivity index (χ3n) is 4.18. The highest BCUT2D eigenvalue weighted by Crippen LogP contribution is 2.19. The average molecular weight is 384 g/mol. The number of amides is 1. The van der Waals surface area contributed by atoms with E-state index in [1.165, 1.54) is 6.20 Å². The number of pyridine rings is 1. The third kappa shape index (κ3) is 3.38. The molecule has 4 heterocycles. The number of nitrogens with zero attached hydrogens (tertiary/aromatic N) is 5. The molecule has 2 aromatic heterocycles. The van der Waals surface area contributed by atoms with Gasteiger partial charge in [0.05, 0.1) is 23.2 Å². The van der Waals surface area contributed by atoms with Crippen molar-refractivity contribution in [1.82, 2.24) is 19.4 Å². The molecule has 4 rings (SSSR count). The highest BCUT2D eigenvalue weighted by atomic mass is 32.2. The lowest BCUT2D eigenvalue weighted by atomic mass is 10.1. The molecule has 1 amide bonds. The van der Waals surface area contributed by atoms with Crippen LogP contribution in [0.2, 0.25) is 0 Å². The Hall–Kier alpha value is -3.27. The summed E-state index contributed by atoms with van der Waals surface area (Å²) in [5, 5.41) is 2.73. The molecule has 27 heavy (non-hydrogen) atoms. The molecule has 0 spiro atoms. The van der Waals surface area contributed by atoms with Crippen LogP contribution >= 0.6 is 0 Å². The van der Waals surface area contributed by atoms with Gasteiger partial charge in [-0.3, -0.25) is 9.36 Å². The van der Waals surface area contributed by atoms with E-state index in [1.807, 2.05) is 11.5 Å². The number of imidazole rings is 1. The van der Waals surface area contributed by atoms with Crippen LogP contribution in [0.15, 0.2) is 59.0 Å². The Morgan fingerprint density at radius 1 is 1.26 bits per heavy atom. The van der Waals surface area contributed by atoms with Crippen LogP contribution in [-0.4, -0.2) is 51.9 Å². The largest absolute Gasteiger partial charge is 0.331 e. The minimum Gasteiger partial charge on any atom is -0.331 e. The molecule has 0 fully saturated rings. The van der Waals surface area contributed by atoms with Crippen LogP contribution in [0, 0.1) is 6.92 Å². The summed E-state index contributed by atoms with van der Waals surface area (Å²) in [5.74, 6) is 1.09. The number of amidine groups is 1. The maximum atomic E-state index is 12.6. The van der Waals surface area contributed by atoms with Crippen molar-refractivity contribution in [2.24, 2.45) is 4.40 Å². The molecule has 0 saturated carbocycles. The van der Waals surface area contributed by atoms with Gasteiger partial charge in [-0.1, -0.05) is 0 Å². The molecule has 10 heteroatoms. The Kier molecular flexibility index (Phi) is 4.11. The predicted octanol–water partition coefficient (Wildman–Crippen LogP) is 1.01. The summed E-state index contributed by atoms with van der Waals surface area (Å²) in [6.45, 7) is 2.13. The Bertz CT molecular complexity index is 1100. The monoisotopic (exact) mass is 384 g/mol. The van der Waals surface area contributed by atoms with Crippen molar-refractivity contribution in [2.75, 3.05) is 17.6 Å². The predicted molar refractivity (Wildman–Crippen MR) is 99.9 cm³/mol. The number of aryl methyl sites for hydroxylation is 1. The number of allylic oxidation sites excluding steroid dienone is 2. The number of rotatable bonds is 3. The Morgan fingerprint density at radius 2 is 2.11 bits per heavy atom. The molecule has 2 aliphatic heterocycles. The van der Waals surface area contributed by atoms with E-state index in [4.69, 9.17) is 0 Å². The van der Waals surface area contributed by atoms with E-state index in [9.17, 15) is 13.2 Å². The van der Waals surface area contributed by atoms with Gasteiger partial charge in [0.15, 0.2) is 5.84 Å². The van der Waals surface area contributed by atoms with Crippen LogP contribution < -0.4 is 5.32 Å². The van der Waals surface area contributed by atoms with E-state index in [1.54, 1.807) is 47.8 Å². The number of hydrogen-bond donors (Lipinski definition) is 1. The van der Waals surface area contributed by atoms with Crippen LogP contribution in [0.5, 0.6) is 0 Å². The number of carbonyl (C=O) groups excluding carboxylic acids is 1. The number of fused-ring (bicyclic) bond motifs is 1. The molecule has 0 aromatic carbocycles. The lowest BCUT2D eigenvalue weighted by Gasteiger charge is -2.28. The van der Waals surface area contributed by atoms with Crippen molar-refractivity contribution >= 4 is 27.5 Å². The van der Waals surface area contributed by atoms with Crippen molar-refractivity contribution in [1.29, 1.82) is 0 Å². The third-order valence-corrected chi connectivity index (χ3v) is 5.33. The van der Waals surface area contributed by atoms with Crippen molar-refractivity contribution in [3.63, 3.8) is 0 Å². The van der Waals surface area contributed by atoms with Crippen LogP contribution in [0.1, 0.15) is 5.82 Å². The molecule has 0 radical (unpaired) electrons. The van der Waals surface area contributed by atoms with Gasteiger partial charge in [0.2, 0.25) is 0 Å². The van der Waals surface area contributed by atoms with Gasteiger partial charge in [-0.05, 0) is 31.2 Å². The molecule has 2 aliphatic rings. The minimum absolute atomic E-state index is 0.0746. The highest BCUT2D eigenvalue weighted by Gasteiger charge is 2.29. The number of nitrogens with one attached hydrogen (secondary N) is 1. The first-order chi connectivity index (χ1) is 12.9. The minimum atomic E-state index is -3.56. The van der Waals surface area contributed by atoms with Crippen LogP contribution in [-0.2, 0) is 14.8 Å². The highest BCUT2D eigenvalue weighted by molar-refractivity contribution is 7.90. The maximum absolute atomic E-state index is 12.6. The number of anilines is 1. The van der Waals surface area contributed by atoms with Gasteiger partial charge in [-0.25, -0.2) is 18.4 Å². The summed E-state index contributed by atoms with van der Waals surface area (Å²) in [6.07, 6.45) is 9.94. The number of carbonyl (C=O) groups is 1. The van der Waals surface area contributed by atoms with Crippen LogP contribution in [0.25, 0.3) is 5.82 Å². The van der Waals surface area contributed by atoms with E-state index in [2.05, 4.69) is 19.7 Å². The molecular formula is C17H16N6O3S. The first kappa shape index (κ1) is 17.2. The average Bonchev–Trinajstić information content (AvgIpc) is 3.07. The Labute approximate surface area is 155 Å². The fourth-order valence-electron chi connectivity index (χ4n) is 2.81. The van der Waals surface area contributed by atoms with E-state index < -0.39 is 15.9 Å². The zero-order valence-corrected chi connectivity index (χ0v) is 15.2. The van der Waals surface area contributed by atoms with Crippen LogP contribution in [0.3, 0.4) is 0 Å². The van der Waals surface area contributed by atoms with Gasteiger partial charge < -0.3 is 10.2 Å². The first-order valence-corrected chi connectivity index (χ1v) is 9.80. The molecule has 0 atom stereocenters. The standard InChI is InChI=1S/C17H16N6O3S/c1-12-18-6-8-23(12)15-5-4-13(11-19-15)20-17(24)14-3-2-7-22-9-10-27(25,26)21-16(14)22/h2-8,11H,9-10H2,1H3,(H,20,24). The van der Waals surface area contributed by atoms with Crippen molar-refractivity contribution in [3.8, 4) is 5.82 Å². The number of hydrogen-bond acceptors (Lipinski definition) is 6. The normalized spacial score (nSPS) is 17.7. The second-order valence-corrected chi connectivity index (χ2v) is 7.77. The van der Waals surface area contributed by atoms with Crippen molar-refractivity contribution < 1.29 is 13.2 Å². The van der Waals surface area contributed by atoms with Gasteiger partial charge >= 0.3 is 0 Å². The molecule has 0 saturated heterocycles. The maximum Gasteiger partial charge on any atom is 0.259 e. The van der Waals surface area contributed by atoms with E-state index in [-0.39, 0.29) is 23.7 Å². The summed E-state index contributed by atoms with van der Waals surface area (Å²) in [7, 11) is -3.56. The van der Waals surface area contributed by atoms with Gasteiger partial charge in [-0.2, -0.15) is 0 Å². The van der Waals surface area contributed by atoms with Gasteiger partial charge in [-0.15, -0.1) is 4.40 Å². The molecular weight excluding hydrogens is 368 g/mol. The molecule has 9 nitrogen and oxygen atoms in total. The zero-order valence-electron chi connectivity index (χ0n) is 14.4. The van der Waals surface area contributed by atoms with E-state index in [0.29, 0.717) is 11.5 Å². The quantitative estimate of drug-likeness (QED) is 0.846. The summed E-state index contributed by atoms with van der Waals surface area (Å²) in [6, 6.07) is 3.48. The molecule has 0 unspecified atom stereocenters. The van der Waals surface area contributed by atoms with Gasteiger partial charge in [0.25, 0.3) is 15.9 Å². The fraction of sp³-hybridized carbons (Fsp3) is 0.176. The van der Waals surface area contributed by atoms with Crippen molar-refractivity contribution in [3.05, 3.63) is 60.5 Å². The van der Waals surface area contributed by atoms with Crippen LogP contribution in [0.4, 0.5) is 5.69 Å². The summed E-state index contributed by atoms with van der Waals surface area (Å²) < 4.78 is 29.2. The number of aromatic nitrogens is 3. The topological polar surface area (TPSA) is 110 Å². The lowest BCUT2D eigenvalue weighted by molar-refractivity contribution is -0.112. The Balaban J connectivity index is 1.55. The second-order valence-electron chi connectivity index (χ2n) is 6.02. The lowest BCUT2D eigenvalue weighted by Crippen LogP contribution is -2.40. The van der Waals surface area contributed by atoms with E-state index in [0.717, 1.165) is 5.82 Å². The molecule has 1 N–H and O–H groups in total. The zero-order chi connectivity index (χ0) is 19.0. The van der Waals surface area contributed by atoms with Crippen molar-refractivity contribution in [2.45, 2.75) is 6.92 Å².